The summed E-state index contributed by atoms with van der Waals surface area (Å²) >= 11 is 0. The largest absolute Gasteiger partial charge is 0.381 e. The topological polar surface area (TPSA) is 81.1 Å². The molecule has 34 heavy (non-hydrogen) atoms. The number of piperidine rings is 1. The molecule has 4 heterocycles. The van der Waals surface area contributed by atoms with Gasteiger partial charge in [-0.05, 0) is 55.9 Å². The number of nitrogens with one attached hydrogen (secondary N) is 1. The molecule has 2 aliphatic heterocycles. The van der Waals surface area contributed by atoms with Gasteiger partial charge in [0.05, 0.1) is 22.4 Å². The molecule has 7 rings (SSSR count). The first-order valence-corrected chi connectivity index (χ1v) is 12.6. The fourth-order valence-electron chi connectivity index (χ4n) is 5.77. The minimum Gasteiger partial charge on any atom is -0.381 e. The molecule has 1 saturated carbocycles. The van der Waals surface area contributed by atoms with E-state index < -0.39 is 0 Å². The Balaban J connectivity index is 1.36. The Hall–Kier alpha value is -3.32. The van der Waals surface area contributed by atoms with Crippen LogP contribution in [0.5, 0.6) is 0 Å². The van der Waals surface area contributed by atoms with E-state index >= 15 is 0 Å². The van der Waals surface area contributed by atoms with E-state index in [1.807, 2.05) is 17.0 Å². The SMILES string of the molecule is N[C@@H]1CCCN(C(=O)c2cc3c4c(c2)nc(-c2cc5ccccc5n2CC2CC2)n4CCN3)C1. The summed E-state index contributed by atoms with van der Waals surface area (Å²) in [5.74, 6) is 1.82. The van der Waals surface area contributed by atoms with Gasteiger partial charge in [-0.25, -0.2) is 4.98 Å². The van der Waals surface area contributed by atoms with Gasteiger partial charge in [0, 0.05) is 55.2 Å². The van der Waals surface area contributed by atoms with Crippen molar-refractivity contribution in [2.75, 3.05) is 25.0 Å². The Morgan fingerprint density at radius 2 is 2.00 bits per heavy atom. The van der Waals surface area contributed by atoms with Gasteiger partial charge in [0.25, 0.3) is 5.91 Å². The van der Waals surface area contributed by atoms with Gasteiger partial charge in [-0.2, -0.15) is 0 Å². The molecule has 3 aliphatic rings. The van der Waals surface area contributed by atoms with Crippen LogP contribution in [0.25, 0.3) is 33.5 Å². The van der Waals surface area contributed by atoms with E-state index in [4.69, 9.17) is 10.7 Å². The van der Waals surface area contributed by atoms with Gasteiger partial charge in [-0.3, -0.25) is 4.79 Å². The van der Waals surface area contributed by atoms with Gasteiger partial charge >= 0.3 is 0 Å². The molecule has 7 nitrogen and oxygen atoms in total. The summed E-state index contributed by atoms with van der Waals surface area (Å²) in [5, 5.41) is 4.77. The predicted octanol–water partition coefficient (Wildman–Crippen LogP) is 4.06. The van der Waals surface area contributed by atoms with E-state index in [-0.39, 0.29) is 11.9 Å². The van der Waals surface area contributed by atoms with Gasteiger partial charge in [0.2, 0.25) is 0 Å². The van der Waals surface area contributed by atoms with Crippen molar-refractivity contribution in [3.8, 4) is 11.5 Å². The maximum absolute atomic E-state index is 13.3. The third-order valence-electron chi connectivity index (χ3n) is 7.66. The smallest absolute Gasteiger partial charge is 0.254 e. The molecular weight excluding hydrogens is 424 g/mol. The number of nitrogens with two attached hydrogens (primary N) is 1. The van der Waals surface area contributed by atoms with Crippen LogP contribution in [0.3, 0.4) is 0 Å². The van der Waals surface area contributed by atoms with Gasteiger partial charge in [0.15, 0.2) is 5.82 Å². The highest BCUT2D eigenvalue weighted by atomic mass is 16.2. The molecule has 7 heteroatoms. The predicted molar refractivity (Wildman–Crippen MR) is 135 cm³/mol. The second kappa shape index (κ2) is 7.60. The van der Waals surface area contributed by atoms with Crippen molar-refractivity contribution in [3.63, 3.8) is 0 Å². The molecule has 2 aromatic heterocycles. The average molecular weight is 455 g/mol. The highest BCUT2D eigenvalue weighted by molar-refractivity contribution is 6.03. The molecule has 1 saturated heterocycles. The maximum atomic E-state index is 13.3. The lowest BCUT2D eigenvalue weighted by Crippen LogP contribution is -2.45. The van der Waals surface area contributed by atoms with Crippen LogP contribution in [0, 0.1) is 5.92 Å². The minimum atomic E-state index is 0.0552. The zero-order chi connectivity index (χ0) is 22.8. The number of likely N-dealkylation sites (tertiary alicyclic amines) is 1. The van der Waals surface area contributed by atoms with Crippen LogP contribution < -0.4 is 11.1 Å². The highest BCUT2D eigenvalue weighted by Crippen LogP contribution is 2.38. The number of hydrogen-bond acceptors (Lipinski definition) is 4. The van der Waals surface area contributed by atoms with Crippen LogP contribution in [0.1, 0.15) is 36.0 Å². The van der Waals surface area contributed by atoms with E-state index in [0.717, 1.165) is 67.5 Å². The molecule has 174 valence electrons. The van der Waals surface area contributed by atoms with Gasteiger partial charge in [-0.1, -0.05) is 18.2 Å². The Bertz CT molecular complexity index is 1430. The van der Waals surface area contributed by atoms with Crippen LogP contribution in [-0.2, 0) is 13.1 Å². The van der Waals surface area contributed by atoms with Crippen LogP contribution in [-0.4, -0.2) is 50.6 Å². The molecule has 2 aromatic carbocycles. The van der Waals surface area contributed by atoms with E-state index in [0.29, 0.717) is 12.1 Å². The second-order valence-electron chi connectivity index (χ2n) is 10.2. The molecule has 0 radical (unpaired) electrons. The maximum Gasteiger partial charge on any atom is 0.254 e. The first-order chi connectivity index (χ1) is 16.7. The average Bonchev–Trinajstić information content (AvgIpc) is 3.50. The van der Waals surface area contributed by atoms with Crippen LogP contribution in [0.2, 0.25) is 0 Å². The van der Waals surface area contributed by atoms with E-state index in [1.165, 1.54) is 29.4 Å². The standard InChI is InChI=1S/C27H30N6O/c28-20-5-3-10-31(16-20)27(34)19-12-21-25-22(13-19)30-26(32(25)11-9-29-21)24-14-18-4-1-2-6-23(18)33(24)15-17-7-8-17/h1-2,4,6,12-14,17,20,29H,3,5,7-11,15-16,28H2/t20-/m1/s1. The monoisotopic (exact) mass is 454 g/mol. The van der Waals surface area contributed by atoms with Crippen LogP contribution in [0.4, 0.5) is 5.69 Å². The summed E-state index contributed by atoms with van der Waals surface area (Å²) in [5.41, 5.74) is 12.3. The van der Waals surface area contributed by atoms with Gasteiger partial charge < -0.3 is 25.1 Å². The van der Waals surface area contributed by atoms with Crippen molar-refractivity contribution in [1.82, 2.24) is 19.0 Å². The highest BCUT2D eigenvalue weighted by Gasteiger charge is 2.28. The number of imidazole rings is 1. The molecule has 3 N–H and O–H groups in total. The van der Waals surface area contributed by atoms with Crippen molar-refractivity contribution < 1.29 is 4.79 Å². The van der Waals surface area contributed by atoms with Gasteiger partial charge in [0.1, 0.15) is 0 Å². The minimum absolute atomic E-state index is 0.0552. The number of carbonyl (C=O) groups is 1. The lowest BCUT2D eigenvalue weighted by molar-refractivity contribution is 0.0709. The molecule has 0 spiro atoms. The zero-order valence-corrected chi connectivity index (χ0v) is 19.3. The quantitative estimate of drug-likeness (QED) is 0.487. The second-order valence-corrected chi connectivity index (χ2v) is 10.2. The van der Waals surface area contributed by atoms with Crippen molar-refractivity contribution in [1.29, 1.82) is 0 Å². The van der Waals surface area contributed by atoms with Crippen molar-refractivity contribution in [3.05, 3.63) is 48.0 Å². The third kappa shape index (κ3) is 3.21. The molecule has 4 aromatic rings. The summed E-state index contributed by atoms with van der Waals surface area (Å²) in [7, 11) is 0. The number of para-hydroxylation sites is 1. The first kappa shape index (κ1) is 20.1. The number of fused-ring (bicyclic) bond motifs is 1. The van der Waals surface area contributed by atoms with Crippen molar-refractivity contribution in [2.24, 2.45) is 11.7 Å². The lowest BCUT2D eigenvalue weighted by atomic mass is 10.0. The Kier molecular flexibility index (Phi) is 4.49. The molecular formula is C27H30N6O. The number of rotatable bonds is 4. The molecule has 0 unspecified atom stereocenters. The summed E-state index contributed by atoms with van der Waals surface area (Å²) in [6, 6.07) is 15.0. The molecule has 1 amide bonds. The number of nitrogens with zero attached hydrogens (tertiary/aromatic N) is 4. The summed E-state index contributed by atoms with van der Waals surface area (Å²) < 4.78 is 4.80. The van der Waals surface area contributed by atoms with Crippen molar-refractivity contribution in [2.45, 2.75) is 44.8 Å². The fraction of sp³-hybridized carbons (Fsp3) is 0.407. The third-order valence-corrected chi connectivity index (χ3v) is 7.66. The Morgan fingerprint density at radius 1 is 1.12 bits per heavy atom. The van der Waals surface area contributed by atoms with E-state index in [9.17, 15) is 4.79 Å². The van der Waals surface area contributed by atoms with Gasteiger partial charge in [-0.15, -0.1) is 0 Å². The summed E-state index contributed by atoms with van der Waals surface area (Å²) in [6.07, 6.45) is 4.56. The van der Waals surface area contributed by atoms with E-state index in [2.05, 4.69) is 44.8 Å². The number of amides is 1. The van der Waals surface area contributed by atoms with Crippen molar-refractivity contribution >= 4 is 33.5 Å². The zero-order valence-electron chi connectivity index (χ0n) is 19.3. The number of benzene rings is 2. The summed E-state index contributed by atoms with van der Waals surface area (Å²) in [4.78, 5) is 20.4. The number of aromatic nitrogens is 3. The fourth-order valence-corrected chi connectivity index (χ4v) is 5.77. The Morgan fingerprint density at radius 3 is 2.85 bits per heavy atom. The molecule has 1 aliphatic carbocycles. The van der Waals surface area contributed by atoms with Crippen LogP contribution in [0.15, 0.2) is 42.5 Å². The molecule has 1 atom stereocenters. The van der Waals surface area contributed by atoms with E-state index in [1.54, 1.807) is 0 Å². The van der Waals surface area contributed by atoms with Crippen LogP contribution >= 0.6 is 0 Å². The number of carbonyl (C=O) groups excluding carboxylic acids is 1. The number of anilines is 1. The molecule has 2 fully saturated rings. The first-order valence-electron chi connectivity index (χ1n) is 12.6. The number of hydrogen-bond donors (Lipinski definition) is 2. The molecule has 0 bridgehead atoms. The lowest BCUT2D eigenvalue weighted by Gasteiger charge is -2.31. The summed E-state index contributed by atoms with van der Waals surface area (Å²) in [6.45, 7) is 4.11. The normalized spacial score (nSPS) is 20.1. The Labute approximate surface area is 198 Å².